The Labute approximate surface area is 113 Å². The molecule has 0 amide bonds. The monoisotopic (exact) mass is 263 g/mol. The normalized spacial score (nSPS) is 19.7. The summed E-state index contributed by atoms with van der Waals surface area (Å²) < 4.78 is 0. The van der Waals surface area contributed by atoms with Crippen molar-refractivity contribution in [3.63, 3.8) is 0 Å². The van der Waals surface area contributed by atoms with Gasteiger partial charge in [-0.15, -0.1) is 11.8 Å². The van der Waals surface area contributed by atoms with Gasteiger partial charge < -0.3 is 11.1 Å². The molecule has 2 rings (SSSR count). The lowest BCUT2D eigenvalue weighted by Crippen LogP contribution is -2.45. The Balaban J connectivity index is 1.98. The van der Waals surface area contributed by atoms with Crippen molar-refractivity contribution in [2.45, 2.75) is 37.1 Å². The zero-order chi connectivity index (χ0) is 13.2. The molecule has 0 spiro atoms. The van der Waals surface area contributed by atoms with Gasteiger partial charge in [0.25, 0.3) is 0 Å². The first-order valence-corrected chi connectivity index (χ1v) is 7.24. The molecule has 0 bridgehead atoms. The van der Waals surface area contributed by atoms with Crippen molar-refractivity contribution in [1.29, 1.82) is 0 Å². The van der Waals surface area contributed by atoms with E-state index in [1.807, 2.05) is 11.8 Å². The predicted molar refractivity (Wildman–Crippen MR) is 79.3 cm³/mol. The Bertz CT molecular complexity index is 449. The maximum Gasteiger partial charge on any atom is 0.189 e. The zero-order valence-corrected chi connectivity index (χ0v) is 12.1. The molecule has 1 aromatic carbocycles. The van der Waals surface area contributed by atoms with Crippen LogP contribution in [0.4, 0.5) is 0 Å². The van der Waals surface area contributed by atoms with Crippen molar-refractivity contribution in [3.05, 3.63) is 29.8 Å². The number of nitrogens with two attached hydrogens (primary N) is 1. The van der Waals surface area contributed by atoms with Crippen LogP contribution in [0.5, 0.6) is 0 Å². The number of nitrogens with one attached hydrogen (secondary N) is 1. The third-order valence-corrected chi connectivity index (χ3v) is 4.04. The SMILES string of the molecule is CC(C)(C)NC(N)=NCC1CSc2ccccc21. The van der Waals surface area contributed by atoms with Crippen molar-refractivity contribution < 1.29 is 0 Å². The van der Waals surface area contributed by atoms with Gasteiger partial charge in [-0.2, -0.15) is 0 Å². The summed E-state index contributed by atoms with van der Waals surface area (Å²) in [6.45, 7) is 7.00. The highest BCUT2D eigenvalue weighted by Crippen LogP contribution is 2.39. The minimum Gasteiger partial charge on any atom is -0.370 e. The largest absolute Gasteiger partial charge is 0.370 e. The lowest BCUT2D eigenvalue weighted by atomic mass is 10.0. The molecule has 1 unspecified atom stereocenters. The van der Waals surface area contributed by atoms with E-state index in [2.05, 4.69) is 55.3 Å². The summed E-state index contributed by atoms with van der Waals surface area (Å²) in [6.07, 6.45) is 0. The number of aliphatic imine (C=N–C) groups is 1. The molecule has 18 heavy (non-hydrogen) atoms. The van der Waals surface area contributed by atoms with Crippen LogP contribution in [0.2, 0.25) is 0 Å². The smallest absolute Gasteiger partial charge is 0.189 e. The molecule has 98 valence electrons. The van der Waals surface area contributed by atoms with Crippen molar-refractivity contribution >= 4 is 17.7 Å². The third-order valence-electron chi connectivity index (χ3n) is 2.78. The van der Waals surface area contributed by atoms with Crippen molar-refractivity contribution in [3.8, 4) is 0 Å². The van der Waals surface area contributed by atoms with Crippen LogP contribution in [-0.2, 0) is 0 Å². The molecule has 1 atom stereocenters. The number of hydrogen-bond donors (Lipinski definition) is 2. The van der Waals surface area contributed by atoms with Gasteiger partial charge in [-0.1, -0.05) is 18.2 Å². The van der Waals surface area contributed by atoms with Crippen LogP contribution in [0.1, 0.15) is 32.3 Å². The molecule has 1 aromatic rings. The van der Waals surface area contributed by atoms with E-state index < -0.39 is 0 Å². The van der Waals surface area contributed by atoms with Gasteiger partial charge in [-0.05, 0) is 32.4 Å². The van der Waals surface area contributed by atoms with Gasteiger partial charge in [0.1, 0.15) is 0 Å². The van der Waals surface area contributed by atoms with E-state index >= 15 is 0 Å². The minimum absolute atomic E-state index is 0.0318. The van der Waals surface area contributed by atoms with Gasteiger partial charge in [0, 0.05) is 22.1 Å². The van der Waals surface area contributed by atoms with Gasteiger partial charge in [-0.25, -0.2) is 0 Å². The third kappa shape index (κ3) is 3.42. The average Bonchev–Trinajstić information content (AvgIpc) is 2.67. The highest BCUT2D eigenvalue weighted by Gasteiger charge is 2.22. The maximum absolute atomic E-state index is 5.89. The molecule has 4 heteroatoms. The fraction of sp³-hybridized carbons (Fsp3) is 0.500. The molecular formula is C14H21N3S. The number of thioether (sulfide) groups is 1. The lowest BCUT2D eigenvalue weighted by molar-refractivity contribution is 0.508. The zero-order valence-electron chi connectivity index (χ0n) is 11.2. The highest BCUT2D eigenvalue weighted by molar-refractivity contribution is 7.99. The van der Waals surface area contributed by atoms with Crippen LogP contribution in [0, 0.1) is 0 Å². The molecule has 0 radical (unpaired) electrons. The molecule has 0 saturated heterocycles. The first-order chi connectivity index (χ1) is 8.46. The van der Waals surface area contributed by atoms with E-state index in [1.165, 1.54) is 10.5 Å². The van der Waals surface area contributed by atoms with E-state index in [9.17, 15) is 0 Å². The molecule has 0 fully saturated rings. The summed E-state index contributed by atoms with van der Waals surface area (Å²) in [7, 11) is 0. The summed E-state index contributed by atoms with van der Waals surface area (Å²) in [6, 6.07) is 8.56. The molecule has 0 aliphatic carbocycles. The van der Waals surface area contributed by atoms with Crippen LogP contribution < -0.4 is 11.1 Å². The summed E-state index contributed by atoms with van der Waals surface area (Å²) >= 11 is 1.91. The Hall–Kier alpha value is -1.16. The minimum atomic E-state index is -0.0318. The fourth-order valence-corrected chi connectivity index (χ4v) is 3.25. The number of guanidine groups is 1. The van der Waals surface area contributed by atoms with Crippen LogP contribution in [0.25, 0.3) is 0 Å². The van der Waals surface area contributed by atoms with E-state index in [4.69, 9.17) is 5.73 Å². The Morgan fingerprint density at radius 2 is 2.17 bits per heavy atom. The highest BCUT2D eigenvalue weighted by atomic mass is 32.2. The van der Waals surface area contributed by atoms with E-state index in [0.717, 1.165) is 12.3 Å². The molecule has 1 aliphatic heterocycles. The molecule has 3 nitrogen and oxygen atoms in total. The first-order valence-electron chi connectivity index (χ1n) is 6.25. The standard InChI is InChI=1S/C14H21N3S/c1-14(2,3)17-13(15)16-8-10-9-18-12-7-5-4-6-11(10)12/h4-7,10H,8-9H2,1-3H3,(H3,15,16,17). The fourth-order valence-electron chi connectivity index (χ4n) is 2.01. The topological polar surface area (TPSA) is 50.4 Å². The quantitative estimate of drug-likeness (QED) is 0.637. The molecule has 0 aromatic heterocycles. The van der Waals surface area contributed by atoms with Crippen molar-refractivity contribution in [2.24, 2.45) is 10.7 Å². The first kappa shape index (κ1) is 13.3. The van der Waals surface area contributed by atoms with E-state index in [1.54, 1.807) is 0 Å². The second kappa shape index (κ2) is 5.22. The lowest BCUT2D eigenvalue weighted by Gasteiger charge is -2.21. The average molecular weight is 263 g/mol. The number of benzene rings is 1. The Kier molecular flexibility index (Phi) is 3.85. The van der Waals surface area contributed by atoms with E-state index in [-0.39, 0.29) is 5.54 Å². The van der Waals surface area contributed by atoms with Gasteiger partial charge >= 0.3 is 0 Å². The summed E-state index contributed by atoms with van der Waals surface area (Å²) in [5.41, 5.74) is 7.27. The Morgan fingerprint density at radius 1 is 1.44 bits per heavy atom. The second-order valence-corrected chi connectivity index (χ2v) is 6.71. The van der Waals surface area contributed by atoms with Crippen molar-refractivity contribution in [2.75, 3.05) is 12.3 Å². The molecule has 1 aliphatic rings. The summed E-state index contributed by atoms with van der Waals surface area (Å²) in [5.74, 6) is 2.13. The summed E-state index contributed by atoms with van der Waals surface area (Å²) in [5, 5.41) is 3.19. The number of nitrogens with zero attached hydrogens (tertiary/aromatic N) is 1. The summed E-state index contributed by atoms with van der Waals surface area (Å²) in [4.78, 5) is 5.85. The van der Waals surface area contributed by atoms with Crippen molar-refractivity contribution in [1.82, 2.24) is 5.32 Å². The predicted octanol–water partition coefficient (Wildman–Crippen LogP) is 2.58. The van der Waals surface area contributed by atoms with Gasteiger partial charge in [0.15, 0.2) is 5.96 Å². The molecular weight excluding hydrogens is 242 g/mol. The van der Waals surface area contributed by atoms with E-state index in [0.29, 0.717) is 11.9 Å². The number of fused-ring (bicyclic) bond motifs is 1. The van der Waals surface area contributed by atoms with Crippen LogP contribution >= 0.6 is 11.8 Å². The molecule has 3 N–H and O–H groups in total. The van der Waals surface area contributed by atoms with Crippen LogP contribution in [0.3, 0.4) is 0 Å². The van der Waals surface area contributed by atoms with Gasteiger partial charge in [0.05, 0.1) is 6.54 Å². The number of hydrogen-bond acceptors (Lipinski definition) is 2. The van der Waals surface area contributed by atoms with Crippen LogP contribution in [0.15, 0.2) is 34.2 Å². The van der Waals surface area contributed by atoms with Gasteiger partial charge in [-0.3, -0.25) is 4.99 Å². The Morgan fingerprint density at radius 3 is 2.89 bits per heavy atom. The molecule has 0 saturated carbocycles. The molecule has 1 heterocycles. The van der Waals surface area contributed by atoms with Crippen LogP contribution in [-0.4, -0.2) is 23.8 Å². The maximum atomic E-state index is 5.89. The second-order valence-electron chi connectivity index (χ2n) is 5.65. The number of rotatable bonds is 2. The van der Waals surface area contributed by atoms with Gasteiger partial charge in [0.2, 0.25) is 0 Å².